The molecule has 2 fully saturated rings. The molecule has 1 saturated carbocycles. The minimum Gasteiger partial charge on any atom is -0.348 e. The number of nitrogens with one attached hydrogen (secondary N) is 1. The fourth-order valence-electron chi connectivity index (χ4n) is 3.60. The van der Waals surface area contributed by atoms with Crippen molar-refractivity contribution in [3.8, 4) is 0 Å². The molecule has 1 N–H and O–H groups in total. The predicted molar refractivity (Wildman–Crippen MR) is 87.4 cm³/mol. The molecule has 0 spiro atoms. The molecule has 1 aliphatic carbocycles. The lowest BCUT2D eigenvalue weighted by molar-refractivity contribution is -0.130. The average Bonchev–Trinajstić information content (AvgIpc) is 2.50. The minimum absolute atomic E-state index is 0.221. The second kappa shape index (κ2) is 8.74. The first-order chi connectivity index (χ1) is 10.1. The fourth-order valence-corrected chi connectivity index (χ4v) is 3.60. The van der Waals surface area contributed by atoms with Crippen LogP contribution in [0, 0.1) is 5.92 Å². The topological polar surface area (TPSA) is 35.6 Å². The molecule has 0 unspecified atom stereocenters. The lowest BCUT2D eigenvalue weighted by Gasteiger charge is -2.33. The van der Waals surface area contributed by atoms with Gasteiger partial charge >= 0.3 is 0 Å². The molecule has 2 rings (SSSR count). The first-order valence-electron chi connectivity index (χ1n) is 8.81. The molecule has 0 atom stereocenters. The number of likely N-dealkylation sites (tertiary alicyclic amines) is 1. The Balaban J connectivity index is 1.55. The standard InChI is InChI=1S/C17H33N3O/c1-19(2)17(21)14-20-12-9-16(10-13-20)18-11-8-15-6-4-3-5-7-15/h15-16,18H,3-14H2,1-2H3. The molecule has 0 aromatic heterocycles. The monoisotopic (exact) mass is 295 g/mol. The van der Waals surface area contributed by atoms with Gasteiger partial charge in [0.05, 0.1) is 6.54 Å². The van der Waals surface area contributed by atoms with Crippen LogP contribution in [0.4, 0.5) is 0 Å². The van der Waals surface area contributed by atoms with E-state index in [1.54, 1.807) is 4.90 Å². The number of piperidine rings is 1. The Hall–Kier alpha value is -0.610. The largest absolute Gasteiger partial charge is 0.348 e. The van der Waals surface area contributed by atoms with Crippen LogP contribution in [0.15, 0.2) is 0 Å². The first-order valence-corrected chi connectivity index (χ1v) is 8.81. The summed E-state index contributed by atoms with van der Waals surface area (Å²) in [4.78, 5) is 15.7. The number of carbonyl (C=O) groups excluding carboxylic acids is 1. The highest BCUT2D eigenvalue weighted by Crippen LogP contribution is 2.25. The van der Waals surface area contributed by atoms with Crippen LogP contribution in [0.1, 0.15) is 51.4 Å². The zero-order valence-electron chi connectivity index (χ0n) is 13.9. The summed E-state index contributed by atoms with van der Waals surface area (Å²) in [5.41, 5.74) is 0. The Labute approximate surface area is 130 Å². The van der Waals surface area contributed by atoms with Crippen LogP contribution >= 0.6 is 0 Å². The van der Waals surface area contributed by atoms with E-state index in [4.69, 9.17) is 0 Å². The van der Waals surface area contributed by atoms with E-state index in [1.807, 2.05) is 14.1 Å². The Morgan fingerprint density at radius 2 is 1.76 bits per heavy atom. The number of hydrogen-bond acceptors (Lipinski definition) is 3. The van der Waals surface area contributed by atoms with Crippen LogP contribution in [-0.2, 0) is 4.79 Å². The van der Waals surface area contributed by atoms with E-state index >= 15 is 0 Å². The number of likely N-dealkylation sites (N-methyl/N-ethyl adjacent to an activating group) is 1. The Morgan fingerprint density at radius 3 is 2.38 bits per heavy atom. The second-order valence-electron chi connectivity index (χ2n) is 7.09. The predicted octanol–water partition coefficient (Wildman–Crippen LogP) is 2.10. The third-order valence-electron chi connectivity index (χ3n) is 5.16. The van der Waals surface area contributed by atoms with Gasteiger partial charge in [-0.3, -0.25) is 9.69 Å². The Morgan fingerprint density at radius 1 is 1.10 bits per heavy atom. The summed E-state index contributed by atoms with van der Waals surface area (Å²) in [7, 11) is 3.67. The van der Waals surface area contributed by atoms with Crippen LogP contribution in [0.3, 0.4) is 0 Å². The van der Waals surface area contributed by atoms with Crippen molar-refractivity contribution in [2.24, 2.45) is 5.92 Å². The van der Waals surface area contributed by atoms with Gasteiger partial charge in [-0.25, -0.2) is 0 Å². The average molecular weight is 295 g/mol. The van der Waals surface area contributed by atoms with Gasteiger partial charge in [0.2, 0.25) is 5.91 Å². The molecular weight excluding hydrogens is 262 g/mol. The van der Waals surface area contributed by atoms with Gasteiger partial charge in [0.15, 0.2) is 0 Å². The molecule has 0 bridgehead atoms. The van der Waals surface area contributed by atoms with Crippen LogP contribution in [0.25, 0.3) is 0 Å². The number of hydrogen-bond donors (Lipinski definition) is 1. The van der Waals surface area contributed by atoms with Crippen molar-refractivity contribution in [1.82, 2.24) is 15.1 Å². The van der Waals surface area contributed by atoms with Gasteiger partial charge in [-0.1, -0.05) is 32.1 Å². The van der Waals surface area contributed by atoms with Gasteiger partial charge in [-0.05, 0) is 31.7 Å². The number of nitrogens with zero attached hydrogens (tertiary/aromatic N) is 2. The molecule has 1 saturated heterocycles. The molecule has 1 aliphatic heterocycles. The quantitative estimate of drug-likeness (QED) is 0.815. The summed E-state index contributed by atoms with van der Waals surface area (Å²) in [5.74, 6) is 1.20. The van der Waals surface area contributed by atoms with Gasteiger partial charge < -0.3 is 10.2 Å². The SMILES string of the molecule is CN(C)C(=O)CN1CCC(NCCC2CCCCC2)CC1. The highest BCUT2D eigenvalue weighted by molar-refractivity contribution is 5.77. The molecular formula is C17H33N3O. The van der Waals surface area contributed by atoms with E-state index in [0.29, 0.717) is 12.6 Å². The van der Waals surface area contributed by atoms with Gasteiger partial charge in [-0.15, -0.1) is 0 Å². The van der Waals surface area contributed by atoms with E-state index in [1.165, 1.54) is 57.9 Å². The smallest absolute Gasteiger partial charge is 0.236 e. The van der Waals surface area contributed by atoms with Crippen LogP contribution < -0.4 is 5.32 Å². The molecule has 1 heterocycles. The first kappa shape index (κ1) is 16.8. The molecule has 2 aliphatic rings. The maximum Gasteiger partial charge on any atom is 0.236 e. The van der Waals surface area contributed by atoms with E-state index in [9.17, 15) is 4.79 Å². The number of rotatable bonds is 6. The van der Waals surface area contributed by atoms with Crippen LogP contribution in [-0.4, -0.2) is 62.0 Å². The molecule has 0 radical (unpaired) electrons. The van der Waals surface area contributed by atoms with Crippen LogP contribution in [0.5, 0.6) is 0 Å². The Kier molecular flexibility index (Phi) is 6.97. The Bertz CT molecular complexity index is 305. The van der Waals surface area contributed by atoms with Crippen molar-refractivity contribution in [2.75, 3.05) is 40.3 Å². The molecule has 122 valence electrons. The molecule has 4 heteroatoms. The third-order valence-corrected chi connectivity index (χ3v) is 5.16. The van der Waals surface area contributed by atoms with Crippen molar-refractivity contribution in [3.63, 3.8) is 0 Å². The second-order valence-corrected chi connectivity index (χ2v) is 7.09. The van der Waals surface area contributed by atoms with Gasteiger partial charge in [0, 0.05) is 33.2 Å². The zero-order chi connectivity index (χ0) is 15.1. The summed E-state index contributed by atoms with van der Waals surface area (Å²) in [5, 5.41) is 3.74. The number of carbonyl (C=O) groups is 1. The normalized spacial score (nSPS) is 22.4. The molecule has 21 heavy (non-hydrogen) atoms. The number of amides is 1. The van der Waals surface area contributed by atoms with E-state index in [2.05, 4.69) is 10.2 Å². The third kappa shape index (κ3) is 5.95. The highest BCUT2D eigenvalue weighted by atomic mass is 16.2. The van der Waals surface area contributed by atoms with E-state index < -0.39 is 0 Å². The van der Waals surface area contributed by atoms with Gasteiger partial charge in [0.25, 0.3) is 0 Å². The van der Waals surface area contributed by atoms with Crippen molar-refractivity contribution in [1.29, 1.82) is 0 Å². The van der Waals surface area contributed by atoms with Crippen molar-refractivity contribution in [2.45, 2.75) is 57.4 Å². The summed E-state index contributed by atoms with van der Waals surface area (Å²) in [6, 6.07) is 0.666. The summed E-state index contributed by atoms with van der Waals surface area (Å²) in [6.07, 6.45) is 11.0. The van der Waals surface area contributed by atoms with E-state index in [-0.39, 0.29) is 5.91 Å². The minimum atomic E-state index is 0.221. The lowest BCUT2D eigenvalue weighted by atomic mass is 9.87. The summed E-state index contributed by atoms with van der Waals surface area (Å²) in [6.45, 7) is 3.88. The molecule has 0 aromatic rings. The van der Waals surface area contributed by atoms with Crippen molar-refractivity contribution in [3.05, 3.63) is 0 Å². The molecule has 0 aromatic carbocycles. The molecule has 4 nitrogen and oxygen atoms in total. The van der Waals surface area contributed by atoms with Crippen molar-refractivity contribution < 1.29 is 4.79 Å². The maximum absolute atomic E-state index is 11.7. The van der Waals surface area contributed by atoms with Crippen LogP contribution in [0.2, 0.25) is 0 Å². The zero-order valence-corrected chi connectivity index (χ0v) is 13.9. The summed E-state index contributed by atoms with van der Waals surface area (Å²) >= 11 is 0. The maximum atomic E-state index is 11.7. The van der Waals surface area contributed by atoms with Gasteiger partial charge in [-0.2, -0.15) is 0 Å². The lowest BCUT2D eigenvalue weighted by Crippen LogP contribution is -2.46. The summed E-state index contributed by atoms with van der Waals surface area (Å²) < 4.78 is 0. The highest BCUT2D eigenvalue weighted by Gasteiger charge is 2.21. The van der Waals surface area contributed by atoms with Gasteiger partial charge in [0.1, 0.15) is 0 Å². The molecule has 1 amide bonds. The fraction of sp³-hybridized carbons (Fsp3) is 0.941. The van der Waals surface area contributed by atoms with Crippen molar-refractivity contribution >= 4 is 5.91 Å². The van der Waals surface area contributed by atoms with E-state index in [0.717, 1.165) is 19.0 Å².